The van der Waals surface area contributed by atoms with Gasteiger partial charge in [0.15, 0.2) is 0 Å². The average molecular weight is 399 g/mol. The number of benzene rings is 2. The van der Waals surface area contributed by atoms with Gasteiger partial charge in [-0.25, -0.2) is 0 Å². The molecule has 3 nitrogen and oxygen atoms in total. The first kappa shape index (κ1) is 19.8. The van der Waals surface area contributed by atoms with Gasteiger partial charge in [-0.2, -0.15) is 18.4 Å². The summed E-state index contributed by atoms with van der Waals surface area (Å²) >= 11 is 11.7. The fraction of sp³-hybridized carbons (Fsp3) is 0.111. The van der Waals surface area contributed by atoms with E-state index < -0.39 is 17.6 Å². The molecule has 0 radical (unpaired) electrons. The number of hydrogen-bond acceptors (Lipinski definition) is 2. The number of hydrogen-bond donors (Lipinski definition) is 1. The number of halogens is 5. The molecule has 2 aromatic rings. The summed E-state index contributed by atoms with van der Waals surface area (Å²) in [5.41, 5.74) is -0.686. The lowest BCUT2D eigenvalue weighted by Crippen LogP contribution is -2.24. The van der Waals surface area contributed by atoms with Crippen LogP contribution in [-0.2, 0) is 17.5 Å². The molecule has 0 unspecified atom stereocenters. The number of nitrogens with zero attached hydrogens (tertiary/aromatic N) is 1. The zero-order valence-corrected chi connectivity index (χ0v) is 14.6. The molecule has 0 saturated carbocycles. The van der Waals surface area contributed by atoms with Gasteiger partial charge in [-0.3, -0.25) is 4.79 Å². The van der Waals surface area contributed by atoms with Crippen LogP contribution in [0.2, 0.25) is 10.0 Å². The molecular weight excluding hydrogens is 388 g/mol. The Kier molecular flexibility index (Phi) is 6.30. The van der Waals surface area contributed by atoms with E-state index in [0.717, 1.165) is 18.2 Å². The standard InChI is InChI=1S/C18H11Cl2F3N2O/c19-15-7-11(6-14(8-15)18(21,22)23)5-13(9-24)17(26)25-10-12-3-1-2-4-16(12)20/h1-8H,10H2,(H,25,26). The Hall–Kier alpha value is -2.49. The third kappa shape index (κ3) is 5.25. The third-order valence-electron chi connectivity index (χ3n) is 3.32. The van der Waals surface area contributed by atoms with Crippen molar-refractivity contribution in [1.82, 2.24) is 5.32 Å². The maximum atomic E-state index is 12.8. The molecule has 0 fully saturated rings. The molecule has 0 bridgehead atoms. The quantitative estimate of drug-likeness (QED) is 0.565. The summed E-state index contributed by atoms with van der Waals surface area (Å²) in [7, 11) is 0. The minimum absolute atomic E-state index is 0.00531. The van der Waals surface area contributed by atoms with Crippen LogP contribution in [0.5, 0.6) is 0 Å². The number of nitriles is 1. The van der Waals surface area contributed by atoms with Gasteiger partial charge in [0.05, 0.1) is 5.56 Å². The molecule has 26 heavy (non-hydrogen) atoms. The lowest BCUT2D eigenvalue weighted by Gasteiger charge is -2.09. The molecule has 2 rings (SSSR count). The number of alkyl halides is 3. The fourth-order valence-electron chi connectivity index (χ4n) is 2.09. The highest BCUT2D eigenvalue weighted by molar-refractivity contribution is 6.31. The van der Waals surface area contributed by atoms with Gasteiger partial charge in [-0.15, -0.1) is 0 Å². The molecule has 1 amide bonds. The molecule has 134 valence electrons. The monoisotopic (exact) mass is 398 g/mol. The van der Waals surface area contributed by atoms with Crippen molar-refractivity contribution in [3.8, 4) is 6.07 Å². The van der Waals surface area contributed by atoms with Gasteiger partial charge in [0, 0.05) is 16.6 Å². The molecule has 0 aliphatic heterocycles. The number of amides is 1. The van der Waals surface area contributed by atoms with Crippen LogP contribution in [0.1, 0.15) is 16.7 Å². The average Bonchev–Trinajstić information content (AvgIpc) is 2.57. The van der Waals surface area contributed by atoms with Crippen molar-refractivity contribution in [3.05, 3.63) is 74.8 Å². The van der Waals surface area contributed by atoms with Crippen LogP contribution >= 0.6 is 23.2 Å². The Morgan fingerprint density at radius 1 is 1.19 bits per heavy atom. The van der Waals surface area contributed by atoms with Gasteiger partial charge < -0.3 is 5.32 Å². The summed E-state index contributed by atoms with van der Waals surface area (Å²) in [6.45, 7) is 0.0703. The van der Waals surface area contributed by atoms with E-state index in [1.807, 2.05) is 0 Å². The lowest BCUT2D eigenvalue weighted by molar-refractivity contribution is -0.137. The zero-order valence-electron chi connectivity index (χ0n) is 13.1. The van der Waals surface area contributed by atoms with Crippen molar-refractivity contribution < 1.29 is 18.0 Å². The van der Waals surface area contributed by atoms with Crippen molar-refractivity contribution in [3.63, 3.8) is 0 Å². The van der Waals surface area contributed by atoms with E-state index in [0.29, 0.717) is 10.6 Å². The predicted molar refractivity (Wildman–Crippen MR) is 93.3 cm³/mol. The van der Waals surface area contributed by atoms with Gasteiger partial charge in [0.2, 0.25) is 0 Å². The molecule has 0 atom stereocenters. The van der Waals surface area contributed by atoms with Crippen LogP contribution in [-0.4, -0.2) is 5.91 Å². The Labute approximate surface area is 157 Å². The van der Waals surface area contributed by atoms with E-state index in [1.54, 1.807) is 30.3 Å². The van der Waals surface area contributed by atoms with E-state index in [9.17, 15) is 18.0 Å². The van der Waals surface area contributed by atoms with E-state index in [-0.39, 0.29) is 22.7 Å². The maximum absolute atomic E-state index is 12.8. The SMILES string of the molecule is N#CC(=Cc1cc(Cl)cc(C(F)(F)F)c1)C(=O)NCc1ccccc1Cl. The second kappa shape index (κ2) is 8.26. The summed E-state index contributed by atoms with van der Waals surface area (Å²) < 4.78 is 38.5. The smallest absolute Gasteiger partial charge is 0.347 e. The predicted octanol–water partition coefficient (Wildman–Crippen LogP) is 5.24. The van der Waals surface area contributed by atoms with Gasteiger partial charge in [-0.1, -0.05) is 41.4 Å². The molecule has 0 aliphatic rings. The summed E-state index contributed by atoms with van der Waals surface area (Å²) in [5, 5.41) is 11.9. The van der Waals surface area contributed by atoms with Crippen LogP contribution in [0.15, 0.2) is 48.0 Å². The zero-order chi connectivity index (χ0) is 19.3. The number of rotatable bonds is 4. The molecule has 8 heteroatoms. The van der Waals surface area contributed by atoms with Crippen molar-refractivity contribution >= 4 is 35.2 Å². The first-order valence-electron chi connectivity index (χ1n) is 7.22. The van der Waals surface area contributed by atoms with E-state index in [4.69, 9.17) is 28.5 Å². The van der Waals surface area contributed by atoms with E-state index in [2.05, 4.69) is 5.32 Å². The van der Waals surface area contributed by atoms with Crippen LogP contribution in [0, 0.1) is 11.3 Å². The third-order valence-corrected chi connectivity index (χ3v) is 3.91. The van der Waals surface area contributed by atoms with Gasteiger partial charge in [-0.05, 0) is 41.5 Å². The van der Waals surface area contributed by atoms with E-state index >= 15 is 0 Å². The Balaban J connectivity index is 2.22. The maximum Gasteiger partial charge on any atom is 0.416 e. The van der Waals surface area contributed by atoms with Gasteiger partial charge in [0.1, 0.15) is 11.6 Å². The molecule has 0 aromatic heterocycles. The minimum Gasteiger partial charge on any atom is -0.347 e. The highest BCUT2D eigenvalue weighted by Crippen LogP contribution is 2.32. The second-order valence-electron chi connectivity index (χ2n) is 5.21. The molecule has 0 saturated heterocycles. The molecule has 0 spiro atoms. The molecular formula is C18H11Cl2F3N2O. The topological polar surface area (TPSA) is 52.9 Å². The normalized spacial score (nSPS) is 11.8. The fourth-order valence-corrected chi connectivity index (χ4v) is 2.53. The first-order chi connectivity index (χ1) is 12.2. The highest BCUT2D eigenvalue weighted by Gasteiger charge is 2.31. The van der Waals surface area contributed by atoms with Crippen LogP contribution < -0.4 is 5.32 Å². The number of carbonyl (C=O) groups is 1. The Bertz CT molecular complexity index is 902. The van der Waals surface area contributed by atoms with Crippen LogP contribution in [0.3, 0.4) is 0 Å². The van der Waals surface area contributed by atoms with Crippen molar-refractivity contribution in [2.24, 2.45) is 0 Å². The van der Waals surface area contributed by atoms with Gasteiger partial charge in [0.25, 0.3) is 5.91 Å². The van der Waals surface area contributed by atoms with Crippen molar-refractivity contribution in [2.75, 3.05) is 0 Å². The van der Waals surface area contributed by atoms with Crippen LogP contribution in [0.25, 0.3) is 6.08 Å². The largest absolute Gasteiger partial charge is 0.416 e. The molecule has 0 heterocycles. The van der Waals surface area contributed by atoms with Crippen molar-refractivity contribution in [1.29, 1.82) is 5.26 Å². The highest BCUT2D eigenvalue weighted by atomic mass is 35.5. The minimum atomic E-state index is -4.59. The van der Waals surface area contributed by atoms with Crippen LogP contribution in [0.4, 0.5) is 13.2 Å². The number of nitrogens with one attached hydrogen (secondary N) is 1. The summed E-state index contributed by atoms with van der Waals surface area (Å²) in [6, 6.07) is 11.3. The molecule has 1 N–H and O–H groups in total. The van der Waals surface area contributed by atoms with Gasteiger partial charge >= 0.3 is 6.18 Å². The molecule has 0 aliphatic carbocycles. The van der Waals surface area contributed by atoms with Crippen molar-refractivity contribution in [2.45, 2.75) is 12.7 Å². The summed E-state index contributed by atoms with van der Waals surface area (Å²) in [4.78, 5) is 12.1. The number of carbonyl (C=O) groups excluding carboxylic acids is 1. The first-order valence-corrected chi connectivity index (χ1v) is 7.97. The molecule has 2 aromatic carbocycles. The lowest BCUT2D eigenvalue weighted by atomic mass is 10.1. The Morgan fingerprint density at radius 3 is 2.50 bits per heavy atom. The Morgan fingerprint density at radius 2 is 1.88 bits per heavy atom. The second-order valence-corrected chi connectivity index (χ2v) is 6.06. The van der Waals surface area contributed by atoms with E-state index in [1.165, 1.54) is 6.07 Å². The summed E-state index contributed by atoms with van der Waals surface area (Å²) in [5.74, 6) is -0.735. The summed E-state index contributed by atoms with van der Waals surface area (Å²) in [6.07, 6.45) is -3.55.